The molecule has 1 N–H and O–H groups in total. The molecule has 0 radical (unpaired) electrons. The third-order valence-corrected chi connectivity index (χ3v) is 4.27. The van der Waals surface area contributed by atoms with Gasteiger partial charge in [-0.3, -0.25) is 0 Å². The first-order valence-corrected chi connectivity index (χ1v) is 8.75. The summed E-state index contributed by atoms with van der Waals surface area (Å²) in [5, 5.41) is 9.59. The van der Waals surface area contributed by atoms with Crippen LogP contribution in [0, 0.1) is 0 Å². The average Bonchev–Trinajstić information content (AvgIpc) is 3.03. The summed E-state index contributed by atoms with van der Waals surface area (Å²) in [4.78, 5) is 27.6. The highest BCUT2D eigenvalue weighted by Gasteiger charge is 2.40. The number of nitrogens with zero attached hydrogens (tertiary/aromatic N) is 2. The van der Waals surface area contributed by atoms with E-state index >= 15 is 0 Å². The molecule has 1 aromatic rings. The minimum Gasteiger partial charge on any atom is -0.445 e. The molecule has 1 aromatic carbocycles. The molecular formula is C19H28N2O5. The fourth-order valence-corrected chi connectivity index (χ4v) is 2.86. The fraction of sp³-hybridized carbons (Fsp3) is 0.579. The monoisotopic (exact) mass is 364 g/mol. The molecule has 144 valence electrons. The quantitative estimate of drug-likeness (QED) is 0.888. The zero-order valence-electron chi connectivity index (χ0n) is 15.8. The molecule has 0 aromatic heterocycles. The van der Waals surface area contributed by atoms with Gasteiger partial charge < -0.3 is 24.4 Å². The lowest BCUT2D eigenvalue weighted by molar-refractivity contribution is 0.0167. The molecule has 1 aliphatic rings. The lowest BCUT2D eigenvalue weighted by Gasteiger charge is -2.28. The van der Waals surface area contributed by atoms with Crippen LogP contribution < -0.4 is 0 Å². The number of ether oxygens (including phenoxy) is 2. The van der Waals surface area contributed by atoms with Crippen LogP contribution in [0.2, 0.25) is 0 Å². The summed E-state index contributed by atoms with van der Waals surface area (Å²) in [6.45, 7) is 5.69. The zero-order chi connectivity index (χ0) is 19.3. The van der Waals surface area contributed by atoms with Crippen molar-refractivity contribution in [2.24, 2.45) is 0 Å². The van der Waals surface area contributed by atoms with E-state index in [1.165, 1.54) is 9.80 Å². The van der Waals surface area contributed by atoms with Crippen molar-refractivity contribution in [1.82, 2.24) is 9.80 Å². The minimum atomic E-state index is -0.615. The van der Waals surface area contributed by atoms with Crippen molar-refractivity contribution in [1.29, 1.82) is 0 Å². The molecular weight excluding hydrogens is 336 g/mol. The Bertz CT molecular complexity index is 614. The number of carbonyl (C=O) groups excluding carboxylic acids is 2. The maximum absolute atomic E-state index is 12.3. The number of aliphatic hydroxyl groups is 1. The van der Waals surface area contributed by atoms with E-state index < -0.39 is 17.8 Å². The van der Waals surface area contributed by atoms with Gasteiger partial charge in [-0.15, -0.1) is 0 Å². The summed E-state index contributed by atoms with van der Waals surface area (Å²) in [5.41, 5.74) is 0.291. The Morgan fingerprint density at radius 1 is 1.27 bits per heavy atom. The molecule has 1 fully saturated rings. The largest absolute Gasteiger partial charge is 0.445 e. The van der Waals surface area contributed by atoms with Gasteiger partial charge in [0.25, 0.3) is 0 Å². The molecule has 1 heterocycles. The van der Waals surface area contributed by atoms with Gasteiger partial charge in [-0.2, -0.15) is 0 Å². The van der Waals surface area contributed by atoms with Crippen LogP contribution in [0.15, 0.2) is 30.3 Å². The summed E-state index contributed by atoms with van der Waals surface area (Å²) in [6.07, 6.45) is -0.459. The van der Waals surface area contributed by atoms with Crippen LogP contribution in [0.25, 0.3) is 0 Å². The Morgan fingerprint density at radius 2 is 1.92 bits per heavy atom. The molecule has 26 heavy (non-hydrogen) atoms. The SMILES string of the molecule is CN(C(=O)OCc1ccccc1)[C@@H]1C[C@H](CO)N(C(=O)OC(C)(C)C)C1. The van der Waals surface area contributed by atoms with Gasteiger partial charge in [0.05, 0.1) is 18.7 Å². The summed E-state index contributed by atoms with van der Waals surface area (Å²) in [7, 11) is 1.64. The van der Waals surface area contributed by atoms with Gasteiger partial charge in [-0.1, -0.05) is 30.3 Å². The zero-order valence-corrected chi connectivity index (χ0v) is 15.8. The number of rotatable bonds is 4. The summed E-state index contributed by atoms with van der Waals surface area (Å²) in [5.74, 6) is 0. The van der Waals surface area contributed by atoms with Gasteiger partial charge in [-0.25, -0.2) is 9.59 Å². The van der Waals surface area contributed by atoms with Crippen molar-refractivity contribution in [2.45, 2.75) is 51.5 Å². The first-order valence-electron chi connectivity index (χ1n) is 8.75. The van der Waals surface area contributed by atoms with Crippen molar-refractivity contribution in [3.8, 4) is 0 Å². The number of carbonyl (C=O) groups is 2. The maximum atomic E-state index is 12.3. The Hall–Kier alpha value is -2.28. The Kier molecular flexibility index (Phi) is 6.47. The molecule has 2 atom stereocenters. The van der Waals surface area contributed by atoms with Crippen molar-refractivity contribution < 1.29 is 24.2 Å². The molecule has 0 unspecified atom stereocenters. The van der Waals surface area contributed by atoms with E-state index in [9.17, 15) is 14.7 Å². The van der Waals surface area contributed by atoms with Crippen LogP contribution in [-0.4, -0.2) is 65.0 Å². The highest BCUT2D eigenvalue weighted by Crippen LogP contribution is 2.24. The number of benzene rings is 1. The number of hydrogen-bond donors (Lipinski definition) is 1. The van der Waals surface area contributed by atoms with Gasteiger partial charge in [0.15, 0.2) is 0 Å². The van der Waals surface area contributed by atoms with Crippen molar-refractivity contribution in [2.75, 3.05) is 20.2 Å². The standard InChI is InChI=1S/C19H28N2O5/c1-19(2,3)26-18(24)21-11-15(10-16(21)12-22)20(4)17(23)25-13-14-8-6-5-7-9-14/h5-9,15-16,22H,10-13H2,1-4H3/t15-,16-/m1/s1. The molecule has 0 bridgehead atoms. The molecule has 0 aliphatic carbocycles. The van der Waals surface area contributed by atoms with Crippen molar-refractivity contribution >= 4 is 12.2 Å². The average molecular weight is 364 g/mol. The van der Waals surface area contributed by atoms with Crippen molar-refractivity contribution in [3.05, 3.63) is 35.9 Å². The number of aliphatic hydroxyl groups excluding tert-OH is 1. The predicted octanol–water partition coefficient (Wildman–Crippen LogP) is 2.63. The van der Waals surface area contributed by atoms with E-state index in [4.69, 9.17) is 9.47 Å². The number of amides is 2. The number of likely N-dealkylation sites (tertiary alicyclic amines) is 1. The smallest absolute Gasteiger partial charge is 0.410 e. The van der Waals surface area contributed by atoms with Crippen LogP contribution in [0.1, 0.15) is 32.8 Å². The Morgan fingerprint density at radius 3 is 2.50 bits per heavy atom. The van der Waals surface area contributed by atoms with Gasteiger partial charge in [-0.05, 0) is 32.8 Å². The Labute approximate surface area is 154 Å². The molecule has 0 spiro atoms. The molecule has 1 saturated heterocycles. The second-order valence-electron chi connectivity index (χ2n) is 7.51. The van der Waals surface area contributed by atoms with Crippen LogP contribution >= 0.6 is 0 Å². The first kappa shape index (κ1) is 20.0. The third kappa shape index (κ3) is 5.36. The molecule has 2 rings (SSSR count). The first-order chi connectivity index (χ1) is 12.2. The van der Waals surface area contributed by atoms with Gasteiger partial charge in [0.1, 0.15) is 12.2 Å². The van der Waals surface area contributed by atoms with E-state index in [0.717, 1.165) is 5.56 Å². The van der Waals surface area contributed by atoms with Crippen LogP contribution in [-0.2, 0) is 16.1 Å². The summed E-state index contributed by atoms with van der Waals surface area (Å²) in [6, 6.07) is 8.82. The van der Waals surface area contributed by atoms with Crippen molar-refractivity contribution in [3.63, 3.8) is 0 Å². The number of hydrogen-bond acceptors (Lipinski definition) is 5. The van der Waals surface area contributed by atoms with Gasteiger partial charge >= 0.3 is 12.2 Å². The predicted molar refractivity (Wildman–Crippen MR) is 96.6 cm³/mol. The van der Waals surface area contributed by atoms with Crippen LogP contribution in [0.4, 0.5) is 9.59 Å². The highest BCUT2D eigenvalue weighted by atomic mass is 16.6. The molecule has 7 heteroatoms. The normalized spacial score (nSPS) is 20.0. The van der Waals surface area contributed by atoms with E-state index in [2.05, 4.69) is 0 Å². The fourth-order valence-electron chi connectivity index (χ4n) is 2.86. The summed E-state index contributed by atoms with van der Waals surface area (Å²) >= 11 is 0. The lowest BCUT2D eigenvalue weighted by Crippen LogP contribution is -2.43. The van der Waals surface area contributed by atoms with Gasteiger partial charge in [0, 0.05) is 13.6 Å². The molecule has 1 aliphatic heterocycles. The second kappa shape index (κ2) is 8.40. The van der Waals surface area contributed by atoms with E-state index in [0.29, 0.717) is 13.0 Å². The third-order valence-electron chi connectivity index (χ3n) is 4.27. The maximum Gasteiger partial charge on any atom is 0.410 e. The minimum absolute atomic E-state index is 0.178. The lowest BCUT2D eigenvalue weighted by atomic mass is 10.1. The van der Waals surface area contributed by atoms with E-state index in [-0.39, 0.29) is 25.3 Å². The topological polar surface area (TPSA) is 79.3 Å². The second-order valence-corrected chi connectivity index (χ2v) is 7.51. The molecule has 7 nitrogen and oxygen atoms in total. The molecule has 2 amide bonds. The van der Waals surface area contributed by atoms with Crippen LogP contribution in [0.3, 0.4) is 0 Å². The number of likely N-dealkylation sites (N-methyl/N-ethyl adjacent to an activating group) is 1. The molecule has 0 saturated carbocycles. The van der Waals surface area contributed by atoms with E-state index in [1.807, 2.05) is 30.3 Å². The van der Waals surface area contributed by atoms with Gasteiger partial charge in [0.2, 0.25) is 0 Å². The van der Waals surface area contributed by atoms with Crippen LogP contribution in [0.5, 0.6) is 0 Å². The highest BCUT2D eigenvalue weighted by molar-refractivity contribution is 5.70. The Balaban J connectivity index is 1.93. The summed E-state index contributed by atoms with van der Waals surface area (Å²) < 4.78 is 10.7. The van der Waals surface area contributed by atoms with E-state index in [1.54, 1.807) is 27.8 Å².